The Balaban J connectivity index is 0.000000287. The number of halogens is 3. The SMILES string of the molecule is C/C(OS(=O)(=O)C(F)(F)F)=C1/C[C@@H](c2ccccc2)O[C@H]1C.CC#CCC(O)c1ccccc1. The molecule has 0 bridgehead atoms. The summed E-state index contributed by atoms with van der Waals surface area (Å²) in [7, 11) is -5.65. The summed E-state index contributed by atoms with van der Waals surface area (Å²) in [5.41, 5.74) is -3.24. The van der Waals surface area contributed by atoms with Crippen LogP contribution in [-0.4, -0.2) is 25.1 Å². The van der Waals surface area contributed by atoms with Crippen LogP contribution in [0.5, 0.6) is 0 Å². The highest BCUT2D eigenvalue weighted by atomic mass is 32.2. The van der Waals surface area contributed by atoms with Gasteiger partial charge in [-0.15, -0.1) is 11.8 Å². The molecule has 1 saturated heterocycles. The fourth-order valence-corrected chi connectivity index (χ4v) is 3.82. The van der Waals surface area contributed by atoms with Crippen molar-refractivity contribution in [2.45, 2.75) is 57.4 Å². The number of hydrogen-bond donors (Lipinski definition) is 1. The molecule has 1 unspecified atom stereocenters. The number of aliphatic hydroxyl groups excluding tert-OH is 1. The highest BCUT2D eigenvalue weighted by Gasteiger charge is 2.49. The highest BCUT2D eigenvalue weighted by molar-refractivity contribution is 7.87. The van der Waals surface area contributed by atoms with E-state index in [0.717, 1.165) is 11.1 Å². The first-order chi connectivity index (χ1) is 16.0. The van der Waals surface area contributed by atoms with Crippen LogP contribution in [0.1, 0.15) is 56.9 Å². The molecule has 1 aliphatic heterocycles. The molecule has 0 radical (unpaired) electrons. The van der Waals surface area contributed by atoms with Gasteiger partial charge in [0, 0.05) is 18.4 Å². The van der Waals surface area contributed by atoms with Crippen molar-refractivity contribution in [3.05, 3.63) is 83.1 Å². The lowest BCUT2D eigenvalue weighted by atomic mass is 10.0. The zero-order valence-corrected chi connectivity index (χ0v) is 19.9. The van der Waals surface area contributed by atoms with Gasteiger partial charge in [0.05, 0.1) is 18.3 Å². The van der Waals surface area contributed by atoms with Crippen molar-refractivity contribution in [1.82, 2.24) is 0 Å². The monoisotopic (exact) mass is 496 g/mol. The van der Waals surface area contributed by atoms with E-state index < -0.39 is 27.8 Å². The van der Waals surface area contributed by atoms with E-state index in [9.17, 15) is 26.7 Å². The molecule has 1 fully saturated rings. The van der Waals surface area contributed by atoms with Crippen molar-refractivity contribution in [2.24, 2.45) is 0 Å². The van der Waals surface area contributed by atoms with Crippen LogP contribution in [0.3, 0.4) is 0 Å². The smallest absolute Gasteiger partial charge is 0.387 e. The van der Waals surface area contributed by atoms with Crippen molar-refractivity contribution >= 4 is 10.1 Å². The van der Waals surface area contributed by atoms with Gasteiger partial charge >= 0.3 is 15.6 Å². The first-order valence-corrected chi connectivity index (χ1v) is 11.9. The second kappa shape index (κ2) is 12.1. The molecule has 2 aromatic rings. The zero-order chi connectivity index (χ0) is 25.4. The summed E-state index contributed by atoms with van der Waals surface area (Å²) < 4.78 is 69.0. The molecule has 0 aromatic heterocycles. The van der Waals surface area contributed by atoms with E-state index in [-0.39, 0.29) is 18.3 Å². The number of allylic oxidation sites excluding steroid dienone is 1. The molecule has 184 valence electrons. The fourth-order valence-electron chi connectivity index (χ4n) is 3.29. The molecule has 5 nitrogen and oxygen atoms in total. The van der Waals surface area contributed by atoms with Crippen LogP contribution in [0.15, 0.2) is 72.0 Å². The van der Waals surface area contributed by atoms with E-state index in [0.29, 0.717) is 12.0 Å². The Morgan fingerprint density at radius 2 is 1.71 bits per heavy atom. The van der Waals surface area contributed by atoms with Crippen molar-refractivity contribution in [1.29, 1.82) is 0 Å². The Hall–Kier alpha value is -2.80. The minimum absolute atomic E-state index is 0.282. The van der Waals surface area contributed by atoms with Crippen molar-refractivity contribution in [3.8, 4) is 11.8 Å². The van der Waals surface area contributed by atoms with E-state index >= 15 is 0 Å². The van der Waals surface area contributed by atoms with Gasteiger partial charge in [0.25, 0.3) is 0 Å². The molecule has 9 heteroatoms. The van der Waals surface area contributed by atoms with Gasteiger partial charge in [-0.05, 0) is 31.9 Å². The molecule has 2 aromatic carbocycles. The summed E-state index contributed by atoms with van der Waals surface area (Å²) in [5.74, 6) is 5.32. The Kier molecular flexibility index (Phi) is 9.74. The largest absolute Gasteiger partial charge is 0.534 e. The van der Waals surface area contributed by atoms with Crippen LogP contribution < -0.4 is 0 Å². The van der Waals surface area contributed by atoms with Gasteiger partial charge in [-0.2, -0.15) is 21.6 Å². The minimum atomic E-state index is -5.65. The normalized spacial score (nSPS) is 20.3. The third kappa shape index (κ3) is 7.62. The molecular formula is C25H27F3O5S. The topological polar surface area (TPSA) is 72.8 Å². The predicted octanol–water partition coefficient (Wildman–Crippen LogP) is 5.81. The van der Waals surface area contributed by atoms with Crippen molar-refractivity contribution in [2.75, 3.05) is 0 Å². The molecule has 34 heavy (non-hydrogen) atoms. The van der Waals surface area contributed by atoms with Gasteiger partial charge in [-0.1, -0.05) is 60.7 Å². The molecule has 3 atom stereocenters. The summed E-state index contributed by atoms with van der Waals surface area (Å²) >= 11 is 0. The second-order valence-electron chi connectivity index (χ2n) is 7.50. The molecule has 0 spiro atoms. The van der Waals surface area contributed by atoms with Gasteiger partial charge in [0.1, 0.15) is 5.76 Å². The van der Waals surface area contributed by atoms with E-state index in [2.05, 4.69) is 16.0 Å². The summed E-state index contributed by atoms with van der Waals surface area (Å²) in [4.78, 5) is 0. The van der Waals surface area contributed by atoms with Gasteiger partial charge in [-0.3, -0.25) is 0 Å². The maximum Gasteiger partial charge on any atom is 0.534 e. The lowest BCUT2D eigenvalue weighted by molar-refractivity contribution is -0.0522. The Bertz CT molecular complexity index is 1120. The third-order valence-electron chi connectivity index (χ3n) is 5.06. The molecule has 0 aliphatic carbocycles. The molecule has 3 rings (SSSR count). The first-order valence-electron chi connectivity index (χ1n) is 10.5. The highest BCUT2D eigenvalue weighted by Crippen LogP contribution is 2.39. The molecule has 0 amide bonds. The quantitative estimate of drug-likeness (QED) is 0.245. The summed E-state index contributed by atoms with van der Waals surface area (Å²) in [6.45, 7) is 4.62. The lowest BCUT2D eigenvalue weighted by Crippen LogP contribution is -2.25. The van der Waals surface area contributed by atoms with Crippen molar-refractivity contribution in [3.63, 3.8) is 0 Å². The number of benzene rings is 2. The number of rotatable bonds is 5. The van der Waals surface area contributed by atoms with Gasteiger partial charge in [0.2, 0.25) is 0 Å². The number of hydrogen-bond acceptors (Lipinski definition) is 5. The summed E-state index contributed by atoms with van der Waals surface area (Å²) in [6.07, 6.45) is -0.504. The summed E-state index contributed by atoms with van der Waals surface area (Å²) in [5, 5.41) is 9.55. The van der Waals surface area contributed by atoms with Crippen LogP contribution in [-0.2, 0) is 19.0 Å². The number of alkyl halides is 3. The molecule has 1 N–H and O–H groups in total. The van der Waals surface area contributed by atoms with Gasteiger partial charge in [-0.25, -0.2) is 0 Å². The van der Waals surface area contributed by atoms with Crippen LogP contribution in [0.2, 0.25) is 0 Å². The van der Waals surface area contributed by atoms with Gasteiger partial charge < -0.3 is 14.0 Å². The first kappa shape index (κ1) is 27.4. The number of aliphatic hydroxyl groups is 1. The lowest BCUT2D eigenvalue weighted by Gasteiger charge is -2.13. The molecular weight excluding hydrogens is 469 g/mol. The van der Waals surface area contributed by atoms with Crippen LogP contribution >= 0.6 is 0 Å². The molecule has 0 saturated carbocycles. The Labute approximate surface area is 198 Å². The average Bonchev–Trinajstić information content (AvgIpc) is 3.20. The predicted molar refractivity (Wildman–Crippen MR) is 123 cm³/mol. The Morgan fingerprint density at radius 1 is 1.15 bits per heavy atom. The standard InChI is InChI=1S/C14H15F3O4S.C11H12O/c1-9-12(10(2)21-22(18,19)14(15,16)17)8-13(20-9)11-6-4-3-5-7-11;1-2-3-9-11(12)10-7-5-4-6-8-10/h3-7,9,13H,8H2,1-2H3;4-8,11-12H,9H2,1H3/b12-10+;/t9-,13-;/m0./s1. The minimum Gasteiger partial charge on any atom is -0.387 e. The molecule has 1 heterocycles. The fraction of sp³-hybridized carbons (Fsp3) is 0.360. The zero-order valence-electron chi connectivity index (χ0n) is 19.0. The van der Waals surface area contributed by atoms with E-state index in [1.54, 1.807) is 13.8 Å². The van der Waals surface area contributed by atoms with Crippen LogP contribution in [0, 0.1) is 11.8 Å². The average molecular weight is 497 g/mol. The van der Waals surface area contributed by atoms with Crippen LogP contribution in [0.25, 0.3) is 0 Å². The third-order valence-corrected chi connectivity index (χ3v) is 6.10. The van der Waals surface area contributed by atoms with Crippen LogP contribution in [0.4, 0.5) is 13.2 Å². The summed E-state index contributed by atoms with van der Waals surface area (Å²) in [6, 6.07) is 18.7. The van der Waals surface area contributed by atoms with Gasteiger partial charge in [0.15, 0.2) is 0 Å². The number of ether oxygens (including phenoxy) is 1. The van der Waals surface area contributed by atoms with E-state index in [4.69, 9.17) is 4.74 Å². The van der Waals surface area contributed by atoms with Crippen molar-refractivity contribution < 1.29 is 35.6 Å². The maximum absolute atomic E-state index is 12.4. The van der Waals surface area contributed by atoms with E-state index in [1.165, 1.54) is 6.92 Å². The van der Waals surface area contributed by atoms with E-state index in [1.807, 2.05) is 60.7 Å². The molecule has 1 aliphatic rings. The Morgan fingerprint density at radius 3 is 2.24 bits per heavy atom. The maximum atomic E-state index is 12.4. The second-order valence-corrected chi connectivity index (χ2v) is 9.04.